The molecule has 1 atom stereocenters. The topological polar surface area (TPSA) is 40.7 Å². The van der Waals surface area contributed by atoms with Crippen molar-refractivity contribution < 1.29 is 13.2 Å². The number of benzene rings is 1. The van der Waals surface area contributed by atoms with Gasteiger partial charge >= 0.3 is 6.18 Å². The van der Waals surface area contributed by atoms with Crippen molar-refractivity contribution in [2.75, 3.05) is 5.32 Å². The highest BCUT2D eigenvalue weighted by Gasteiger charge is 2.26. The van der Waals surface area contributed by atoms with Gasteiger partial charge in [-0.3, -0.25) is 5.10 Å². The minimum atomic E-state index is -4.06. The van der Waals surface area contributed by atoms with Crippen LogP contribution in [-0.2, 0) is 0 Å². The van der Waals surface area contributed by atoms with Gasteiger partial charge in [-0.2, -0.15) is 18.3 Å². The van der Waals surface area contributed by atoms with Gasteiger partial charge in [-0.1, -0.05) is 0 Å². The maximum atomic E-state index is 12.0. The van der Waals surface area contributed by atoms with Crippen LogP contribution in [0.4, 0.5) is 18.9 Å². The molecule has 0 aliphatic carbocycles. The molecule has 2 aromatic rings. The Labute approximate surface area is 109 Å². The summed E-state index contributed by atoms with van der Waals surface area (Å²) in [6.45, 7) is 1.88. The average Bonchev–Trinajstić information content (AvgIpc) is 2.74. The summed E-state index contributed by atoms with van der Waals surface area (Å²) < 4.78 is 36.1. The van der Waals surface area contributed by atoms with Gasteiger partial charge in [0.25, 0.3) is 0 Å². The van der Waals surface area contributed by atoms with E-state index in [4.69, 9.17) is 0 Å². The van der Waals surface area contributed by atoms with Crippen molar-refractivity contribution in [3.8, 4) is 0 Å². The molecule has 0 aliphatic heterocycles. The molecule has 0 saturated heterocycles. The van der Waals surface area contributed by atoms with E-state index in [9.17, 15) is 13.2 Å². The zero-order valence-electron chi connectivity index (χ0n) is 10.6. The number of aromatic amines is 1. The first-order valence-electron chi connectivity index (χ1n) is 6.20. The summed E-state index contributed by atoms with van der Waals surface area (Å²) in [7, 11) is 0. The fraction of sp³-hybridized carbons (Fsp3) is 0.462. The normalized spacial score (nSPS) is 13.7. The van der Waals surface area contributed by atoms with Crippen LogP contribution in [-0.4, -0.2) is 22.4 Å². The number of fused-ring (bicyclic) bond motifs is 1. The highest BCUT2D eigenvalue weighted by molar-refractivity contribution is 5.81. The Morgan fingerprint density at radius 3 is 2.89 bits per heavy atom. The molecule has 0 saturated carbocycles. The zero-order chi connectivity index (χ0) is 13.9. The largest absolute Gasteiger partial charge is 0.389 e. The molecule has 0 amide bonds. The zero-order valence-corrected chi connectivity index (χ0v) is 10.6. The maximum absolute atomic E-state index is 12.0. The number of alkyl halides is 3. The van der Waals surface area contributed by atoms with E-state index in [1.807, 2.05) is 25.1 Å². The Hall–Kier alpha value is -1.72. The molecule has 1 aromatic carbocycles. The second kappa shape index (κ2) is 5.50. The minimum Gasteiger partial charge on any atom is -0.383 e. The molecule has 2 rings (SSSR count). The van der Waals surface area contributed by atoms with E-state index in [1.54, 1.807) is 6.20 Å². The average molecular weight is 271 g/mol. The predicted molar refractivity (Wildman–Crippen MR) is 69.1 cm³/mol. The highest BCUT2D eigenvalue weighted by Crippen LogP contribution is 2.23. The van der Waals surface area contributed by atoms with Crippen molar-refractivity contribution in [3.05, 3.63) is 24.4 Å². The second-order valence-electron chi connectivity index (χ2n) is 4.72. The number of anilines is 1. The van der Waals surface area contributed by atoms with E-state index >= 15 is 0 Å². The molecule has 1 aromatic heterocycles. The number of halogens is 3. The number of aromatic nitrogens is 2. The Kier molecular flexibility index (Phi) is 3.97. The molecule has 6 heteroatoms. The number of H-pyrrole nitrogens is 1. The lowest BCUT2D eigenvalue weighted by Crippen LogP contribution is -2.16. The molecular weight excluding hydrogens is 255 g/mol. The summed E-state index contributed by atoms with van der Waals surface area (Å²) >= 11 is 0. The van der Waals surface area contributed by atoms with Gasteiger partial charge in [0.15, 0.2) is 0 Å². The highest BCUT2D eigenvalue weighted by atomic mass is 19.4. The van der Waals surface area contributed by atoms with Crippen LogP contribution >= 0.6 is 0 Å². The van der Waals surface area contributed by atoms with Gasteiger partial charge in [0.2, 0.25) is 0 Å². The summed E-state index contributed by atoms with van der Waals surface area (Å²) in [6, 6.07) is 5.73. The van der Waals surface area contributed by atoms with E-state index < -0.39 is 12.6 Å². The molecule has 104 valence electrons. The van der Waals surface area contributed by atoms with Gasteiger partial charge in [0.05, 0.1) is 11.7 Å². The van der Waals surface area contributed by atoms with Gasteiger partial charge in [-0.25, -0.2) is 0 Å². The molecular formula is C13H16F3N3. The first-order valence-corrected chi connectivity index (χ1v) is 6.20. The summed E-state index contributed by atoms with van der Waals surface area (Å²) in [4.78, 5) is 0. The molecule has 19 heavy (non-hydrogen) atoms. The summed E-state index contributed by atoms with van der Waals surface area (Å²) in [5.41, 5.74) is 1.80. The number of hydrogen-bond acceptors (Lipinski definition) is 2. The summed E-state index contributed by atoms with van der Waals surface area (Å²) in [5.74, 6) is 0. The maximum Gasteiger partial charge on any atom is 0.389 e. The molecule has 3 nitrogen and oxygen atoms in total. The fourth-order valence-corrected chi connectivity index (χ4v) is 1.99. The second-order valence-corrected chi connectivity index (χ2v) is 4.72. The van der Waals surface area contributed by atoms with Crippen molar-refractivity contribution in [2.24, 2.45) is 0 Å². The Bertz CT molecular complexity index is 533. The molecule has 0 bridgehead atoms. The van der Waals surface area contributed by atoms with Crippen molar-refractivity contribution in [2.45, 2.75) is 38.4 Å². The van der Waals surface area contributed by atoms with Crippen LogP contribution in [0, 0.1) is 0 Å². The fourth-order valence-electron chi connectivity index (χ4n) is 1.99. The molecule has 0 aliphatic rings. The summed E-state index contributed by atoms with van der Waals surface area (Å²) in [5, 5.41) is 11.0. The van der Waals surface area contributed by atoms with Crippen LogP contribution < -0.4 is 5.32 Å². The van der Waals surface area contributed by atoms with E-state index in [0.29, 0.717) is 6.42 Å². The number of rotatable bonds is 5. The van der Waals surface area contributed by atoms with Crippen molar-refractivity contribution >= 4 is 16.6 Å². The molecule has 2 N–H and O–H groups in total. The lowest BCUT2D eigenvalue weighted by Gasteiger charge is -2.15. The van der Waals surface area contributed by atoms with Crippen molar-refractivity contribution in [3.63, 3.8) is 0 Å². The standard InChI is InChI=1S/C13H16F3N3/c1-9(3-2-6-13(14,15)16)18-11-5-4-10-8-17-19-12(10)7-11/h4-5,7-9,18H,2-3,6H2,1H3,(H,17,19). The predicted octanol–water partition coefficient (Wildman–Crippen LogP) is 4.10. The van der Waals surface area contributed by atoms with Crippen molar-refractivity contribution in [1.82, 2.24) is 10.2 Å². The third-order valence-electron chi connectivity index (χ3n) is 2.95. The van der Waals surface area contributed by atoms with Crippen LogP contribution in [0.2, 0.25) is 0 Å². The van der Waals surface area contributed by atoms with Gasteiger partial charge in [-0.05, 0) is 38.0 Å². The summed E-state index contributed by atoms with van der Waals surface area (Å²) in [6.07, 6.45) is -2.43. The lowest BCUT2D eigenvalue weighted by molar-refractivity contribution is -0.135. The van der Waals surface area contributed by atoms with Crippen LogP contribution in [0.1, 0.15) is 26.2 Å². The number of nitrogens with zero attached hydrogens (tertiary/aromatic N) is 1. The molecule has 0 spiro atoms. The molecule has 0 radical (unpaired) electrons. The van der Waals surface area contributed by atoms with Gasteiger partial charge in [-0.15, -0.1) is 0 Å². The van der Waals surface area contributed by atoms with Crippen LogP contribution in [0.3, 0.4) is 0 Å². The van der Waals surface area contributed by atoms with E-state index in [-0.39, 0.29) is 12.5 Å². The van der Waals surface area contributed by atoms with Crippen molar-refractivity contribution in [1.29, 1.82) is 0 Å². The van der Waals surface area contributed by atoms with Crippen LogP contribution in [0.15, 0.2) is 24.4 Å². The number of nitrogens with one attached hydrogen (secondary N) is 2. The Morgan fingerprint density at radius 2 is 2.16 bits per heavy atom. The molecule has 1 unspecified atom stereocenters. The van der Waals surface area contributed by atoms with Gasteiger partial charge < -0.3 is 5.32 Å². The Morgan fingerprint density at radius 1 is 1.37 bits per heavy atom. The molecule has 1 heterocycles. The van der Waals surface area contributed by atoms with Crippen LogP contribution in [0.5, 0.6) is 0 Å². The number of hydrogen-bond donors (Lipinski definition) is 2. The smallest absolute Gasteiger partial charge is 0.383 e. The quantitative estimate of drug-likeness (QED) is 0.859. The lowest BCUT2D eigenvalue weighted by atomic mass is 10.1. The first kappa shape index (κ1) is 13.7. The van der Waals surface area contributed by atoms with E-state index in [0.717, 1.165) is 16.6 Å². The van der Waals surface area contributed by atoms with Crippen LogP contribution in [0.25, 0.3) is 10.9 Å². The Balaban J connectivity index is 1.86. The van der Waals surface area contributed by atoms with E-state index in [2.05, 4.69) is 15.5 Å². The van der Waals surface area contributed by atoms with Gasteiger partial charge in [0, 0.05) is 23.5 Å². The van der Waals surface area contributed by atoms with Gasteiger partial charge in [0.1, 0.15) is 0 Å². The first-order chi connectivity index (χ1) is 8.94. The molecule has 0 fully saturated rings. The third kappa shape index (κ3) is 4.15. The third-order valence-corrected chi connectivity index (χ3v) is 2.95. The monoisotopic (exact) mass is 271 g/mol. The minimum absolute atomic E-state index is 0.00252. The SMILES string of the molecule is CC(CCCC(F)(F)F)Nc1ccc2cn[nH]c2c1. The van der Waals surface area contributed by atoms with E-state index in [1.165, 1.54) is 0 Å².